The number of amides is 1. The number of carbonyl (C=O) groups is 1. The minimum Gasteiger partial charge on any atom is -0.322 e. The van der Waals surface area contributed by atoms with E-state index in [0.29, 0.717) is 12.1 Å². The van der Waals surface area contributed by atoms with Crippen molar-refractivity contribution < 1.29 is 4.79 Å². The molecule has 1 amide bonds. The summed E-state index contributed by atoms with van der Waals surface area (Å²) in [5, 5.41) is 2.86. The normalized spacial score (nSPS) is 11.2. The van der Waals surface area contributed by atoms with Crippen molar-refractivity contribution >= 4 is 11.6 Å². The lowest BCUT2D eigenvalue weighted by Crippen LogP contribution is -2.25. The molecule has 0 saturated carbocycles. The van der Waals surface area contributed by atoms with Crippen molar-refractivity contribution in [2.24, 2.45) is 0 Å². The van der Waals surface area contributed by atoms with E-state index in [9.17, 15) is 9.59 Å². The summed E-state index contributed by atoms with van der Waals surface area (Å²) in [6.45, 7) is 6.43. The highest BCUT2D eigenvalue weighted by Gasteiger charge is 2.16. The summed E-state index contributed by atoms with van der Waals surface area (Å²) in [4.78, 5) is 29.2. The number of hydrogen-bond acceptors (Lipinski definition) is 3. The average molecular weight is 361 g/mol. The number of anilines is 1. The van der Waals surface area contributed by atoms with Crippen molar-refractivity contribution in [1.29, 1.82) is 0 Å². The van der Waals surface area contributed by atoms with Gasteiger partial charge in [0.1, 0.15) is 0 Å². The molecule has 138 valence electrons. The van der Waals surface area contributed by atoms with Crippen LogP contribution in [0.4, 0.5) is 5.69 Å². The predicted octanol–water partition coefficient (Wildman–Crippen LogP) is 3.84. The van der Waals surface area contributed by atoms with E-state index in [-0.39, 0.29) is 16.9 Å². The van der Waals surface area contributed by atoms with Crippen LogP contribution in [0.25, 0.3) is 0 Å². The van der Waals surface area contributed by atoms with Crippen molar-refractivity contribution in [2.45, 2.75) is 32.7 Å². The molecule has 0 saturated heterocycles. The molecule has 1 heterocycles. The van der Waals surface area contributed by atoms with E-state index < -0.39 is 0 Å². The Morgan fingerprint density at radius 1 is 1.04 bits per heavy atom. The standard InChI is InChI=1S/C22H23N3O2/c1-22(2,3)19-13-20(26)25(15-23-19)14-16-8-7-9-17(12-16)21(27)24-18-10-5-4-6-11-18/h4-13,15H,14H2,1-3H3,(H,24,27). The molecule has 5 heteroatoms. The summed E-state index contributed by atoms with van der Waals surface area (Å²) in [5.74, 6) is -0.184. The molecular formula is C22H23N3O2. The smallest absolute Gasteiger partial charge is 0.255 e. The van der Waals surface area contributed by atoms with Crippen LogP contribution in [0.3, 0.4) is 0 Å². The molecule has 27 heavy (non-hydrogen) atoms. The van der Waals surface area contributed by atoms with Crippen molar-refractivity contribution in [3.8, 4) is 0 Å². The van der Waals surface area contributed by atoms with Crippen LogP contribution in [-0.4, -0.2) is 15.5 Å². The molecule has 0 atom stereocenters. The molecule has 0 unspecified atom stereocenters. The number of para-hydroxylation sites is 1. The van der Waals surface area contributed by atoms with Crippen molar-refractivity contribution in [3.05, 3.63) is 94.2 Å². The number of benzene rings is 2. The third-order valence-corrected chi connectivity index (χ3v) is 4.22. The highest BCUT2D eigenvalue weighted by atomic mass is 16.1. The third kappa shape index (κ3) is 4.70. The first kappa shape index (κ1) is 18.6. The van der Waals surface area contributed by atoms with Gasteiger partial charge < -0.3 is 5.32 Å². The van der Waals surface area contributed by atoms with Crippen molar-refractivity contribution in [3.63, 3.8) is 0 Å². The van der Waals surface area contributed by atoms with Crippen LogP contribution in [0, 0.1) is 0 Å². The van der Waals surface area contributed by atoms with Crippen LogP contribution in [0.1, 0.15) is 42.4 Å². The molecule has 0 radical (unpaired) electrons. The fourth-order valence-electron chi connectivity index (χ4n) is 2.69. The second kappa shape index (κ2) is 7.58. The summed E-state index contributed by atoms with van der Waals surface area (Å²) in [6.07, 6.45) is 1.57. The van der Waals surface area contributed by atoms with Gasteiger partial charge in [-0.1, -0.05) is 51.1 Å². The second-order valence-corrected chi connectivity index (χ2v) is 7.51. The van der Waals surface area contributed by atoms with Gasteiger partial charge in [-0.2, -0.15) is 0 Å². The molecule has 1 aromatic heterocycles. The maximum atomic E-state index is 12.4. The lowest BCUT2D eigenvalue weighted by Gasteiger charge is -2.17. The predicted molar refractivity (Wildman–Crippen MR) is 107 cm³/mol. The third-order valence-electron chi connectivity index (χ3n) is 4.22. The van der Waals surface area contributed by atoms with E-state index in [4.69, 9.17) is 0 Å². The minimum absolute atomic E-state index is 0.103. The number of nitrogens with zero attached hydrogens (tertiary/aromatic N) is 2. The maximum absolute atomic E-state index is 12.4. The lowest BCUT2D eigenvalue weighted by molar-refractivity contribution is 0.102. The summed E-state index contributed by atoms with van der Waals surface area (Å²) in [6, 6.07) is 18.1. The Morgan fingerprint density at radius 2 is 1.78 bits per heavy atom. The van der Waals surface area contributed by atoms with Gasteiger partial charge in [0, 0.05) is 22.7 Å². The van der Waals surface area contributed by atoms with Gasteiger partial charge in [0.25, 0.3) is 11.5 Å². The monoisotopic (exact) mass is 361 g/mol. The van der Waals surface area contributed by atoms with Crippen LogP contribution in [-0.2, 0) is 12.0 Å². The molecule has 2 aromatic carbocycles. The zero-order valence-corrected chi connectivity index (χ0v) is 15.8. The Morgan fingerprint density at radius 3 is 2.44 bits per heavy atom. The van der Waals surface area contributed by atoms with Gasteiger partial charge in [0.15, 0.2) is 0 Å². The van der Waals surface area contributed by atoms with Crippen LogP contribution >= 0.6 is 0 Å². The largest absolute Gasteiger partial charge is 0.322 e. The summed E-state index contributed by atoms with van der Waals surface area (Å²) >= 11 is 0. The van der Waals surface area contributed by atoms with E-state index in [1.807, 2.05) is 63.2 Å². The number of aromatic nitrogens is 2. The SMILES string of the molecule is CC(C)(C)c1cc(=O)n(Cc2cccc(C(=O)Nc3ccccc3)c2)cn1. The van der Waals surface area contributed by atoms with E-state index >= 15 is 0 Å². The fraction of sp³-hybridized carbons (Fsp3) is 0.227. The van der Waals surface area contributed by atoms with Gasteiger partial charge >= 0.3 is 0 Å². The highest BCUT2D eigenvalue weighted by molar-refractivity contribution is 6.04. The van der Waals surface area contributed by atoms with Crippen molar-refractivity contribution in [2.75, 3.05) is 5.32 Å². The molecule has 0 aliphatic rings. The molecule has 3 rings (SSSR count). The topological polar surface area (TPSA) is 64.0 Å². The van der Waals surface area contributed by atoms with Crippen molar-refractivity contribution in [1.82, 2.24) is 9.55 Å². The van der Waals surface area contributed by atoms with E-state index in [0.717, 1.165) is 16.9 Å². The van der Waals surface area contributed by atoms with Gasteiger partial charge in [-0.3, -0.25) is 14.2 Å². The molecular weight excluding hydrogens is 338 g/mol. The number of nitrogens with one attached hydrogen (secondary N) is 1. The van der Waals surface area contributed by atoms with Crippen LogP contribution < -0.4 is 10.9 Å². The average Bonchev–Trinajstić information content (AvgIpc) is 2.63. The Balaban J connectivity index is 1.78. The Labute approximate surface area is 158 Å². The zero-order chi connectivity index (χ0) is 19.4. The van der Waals surface area contributed by atoms with Crippen LogP contribution in [0.5, 0.6) is 0 Å². The number of rotatable bonds is 4. The number of carbonyl (C=O) groups excluding carboxylic acids is 1. The Bertz CT molecular complexity index is 1000. The van der Waals surface area contributed by atoms with E-state index in [2.05, 4.69) is 10.3 Å². The van der Waals surface area contributed by atoms with Gasteiger partial charge in [0.2, 0.25) is 0 Å². The fourth-order valence-corrected chi connectivity index (χ4v) is 2.69. The molecule has 1 N–H and O–H groups in total. The first-order valence-corrected chi connectivity index (χ1v) is 8.85. The zero-order valence-electron chi connectivity index (χ0n) is 15.8. The highest BCUT2D eigenvalue weighted by Crippen LogP contribution is 2.18. The Hall–Kier alpha value is -3.21. The minimum atomic E-state index is -0.184. The summed E-state index contributed by atoms with van der Waals surface area (Å²) in [7, 11) is 0. The molecule has 0 spiro atoms. The van der Waals surface area contributed by atoms with E-state index in [1.165, 1.54) is 0 Å². The molecule has 0 bridgehead atoms. The Kier molecular flexibility index (Phi) is 5.21. The number of hydrogen-bond donors (Lipinski definition) is 1. The molecule has 0 fully saturated rings. The molecule has 0 aliphatic carbocycles. The second-order valence-electron chi connectivity index (χ2n) is 7.51. The van der Waals surface area contributed by atoms with Gasteiger partial charge in [-0.05, 0) is 29.8 Å². The van der Waals surface area contributed by atoms with Gasteiger partial charge in [-0.15, -0.1) is 0 Å². The van der Waals surface area contributed by atoms with E-state index in [1.54, 1.807) is 29.1 Å². The van der Waals surface area contributed by atoms with Gasteiger partial charge in [0.05, 0.1) is 18.6 Å². The summed E-state index contributed by atoms with van der Waals surface area (Å²) in [5.41, 5.74) is 2.64. The van der Waals surface area contributed by atoms with Gasteiger partial charge in [-0.25, -0.2) is 4.98 Å². The maximum Gasteiger partial charge on any atom is 0.255 e. The molecule has 0 aliphatic heterocycles. The molecule has 5 nitrogen and oxygen atoms in total. The quantitative estimate of drug-likeness (QED) is 0.768. The first-order valence-electron chi connectivity index (χ1n) is 8.85. The molecule has 3 aromatic rings. The first-order chi connectivity index (χ1) is 12.8. The summed E-state index contributed by atoms with van der Waals surface area (Å²) < 4.78 is 1.55. The van der Waals surface area contributed by atoms with Crippen LogP contribution in [0.2, 0.25) is 0 Å². The lowest BCUT2D eigenvalue weighted by atomic mass is 9.92. The van der Waals surface area contributed by atoms with Crippen LogP contribution in [0.15, 0.2) is 71.8 Å².